The highest BCUT2D eigenvalue weighted by Gasteiger charge is 2.31. The number of benzene rings is 2. The normalized spacial score (nSPS) is 13.9. The summed E-state index contributed by atoms with van der Waals surface area (Å²) in [5.74, 6) is -0.0386. The summed E-state index contributed by atoms with van der Waals surface area (Å²) in [7, 11) is 0. The van der Waals surface area contributed by atoms with Gasteiger partial charge >= 0.3 is 0 Å². The van der Waals surface area contributed by atoms with Crippen molar-refractivity contribution in [3.63, 3.8) is 0 Å². The van der Waals surface area contributed by atoms with E-state index in [9.17, 15) is 9.90 Å². The standard InChI is InChI=1S/C21H22N4O2/c1-14-19(22-23-25(14)17-7-5-4-6-8-17)15-9-10-18-16(11-15)12-24(20(18)26)13-21(2,3)27/h4-11,27H,12-13H2,1-3H3. The number of aliphatic hydroxyl groups is 1. The first-order valence-corrected chi connectivity index (χ1v) is 8.96. The van der Waals surface area contributed by atoms with Crippen molar-refractivity contribution in [3.05, 3.63) is 65.4 Å². The van der Waals surface area contributed by atoms with Gasteiger partial charge in [0.2, 0.25) is 0 Å². The Hall–Kier alpha value is -2.99. The predicted octanol–water partition coefficient (Wildman–Crippen LogP) is 2.97. The van der Waals surface area contributed by atoms with Crippen molar-refractivity contribution in [2.75, 3.05) is 6.54 Å². The molecule has 3 aromatic rings. The highest BCUT2D eigenvalue weighted by atomic mass is 16.3. The zero-order chi connectivity index (χ0) is 19.2. The minimum absolute atomic E-state index is 0.0386. The molecule has 6 nitrogen and oxygen atoms in total. The molecule has 0 bridgehead atoms. The van der Waals surface area contributed by atoms with Crippen LogP contribution in [0.25, 0.3) is 16.9 Å². The summed E-state index contributed by atoms with van der Waals surface area (Å²) in [4.78, 5) is 14.2. The van der Waals surface area contributed by atoms with Crippen molar-refractivity contribution < 1.29 is 9.90 Å². The van der Waals surface area contributed by atoms with Crippen LogP contribution in [0.5, 0.6) is 0 Å². The van der Waals surface area contributed by atoms with Crippen molar-refractivity contribution in [1.82, 2.24) is 19.9 Å². The van der Waals surface area contributed by atoms with Gasteiger partial charge in [0.05, 0.1) is 17.0 Å². The molecule has 1 N–H and O–H groups in total. The first kappa shape index (κ1) is 17.4. The summed E-state index contributed by atoms with van der Waals surface area (Å²) in [5, 5.41) is 18.7. The molecule has 0 atom stereocenters. The number of carbonyl (C=O) groups excluding carboxylic acids is 1. The molecule has 4 rings (SSSR count). The fourth-order valence-corrected chi connectivity index (χ4v) is 3.53. The summed E-state index contributed by atoms with van der Waals surface area (Å²) < 4.78 is 1.81. The van der Waals surface area contributed by atoms with Gasteiger partial charge in [-0.05, 0) is 50.6 Å². The van der Waals surface area contributed by atoms with Crippen LogP contribution in [-0.4, -0.2) is 43.1 Å². The summed E-state index contributed by atoms with van der Waals surface area (Å²) in [5.41, 5.74) is 4.36. The van der Waals surface area contributed by atoms with Crippen LogP contribution in [0.1, 0.15) is 35.5 Å². The van der Waals surface area contributed by atoms with Gasteiger partial charge in [0, 0.05) is 24.2 Å². The predicted molar refractivity (Wildman–Crippen MR) is 103 cm³/mol. The summed E-state index contributed by atoms with van der Waals surface area (Å²) in [6.45, 7) is 6.21. The molecule has 0 unspecified atom stereocenters. The fourth-order valence-electron chi connectivity index (χ4n) is 3.53. The number of β-amino-alcohol motifs (C(OH)–C–C–N with tert-alkyl or cyclic N) is 1. The van der Waals surface area contributed by atoms with E-state index in [1.54, 1.807) is 18.7 Å². The van der Waals surface area contributed by atoms with Gasteiger partial charge in [-0.2, -0.15) is 0 Å². The van der Waals surface area contributed by atoms with Crippen molar-refractivity contribution in [2.45, 2.75) is 32.9 Å². The van der Waals surface area contributed by atoms with E-state index in [2.05, 4.69) is 10.3 Å². The fraction of sp³-hybridized carbons (Fsp3) is 0.286. The molecular formula is C21H22N4O2. The van der Waals surface area contributed by atoms with Crippen molar-refractivity contribution in [3.8, 4) is 16.9 Å². The second kappa shape index (κ2) is 6.32. The van der Waals surface area contributed by atoms with Gasteiger partial charge in [0.1, 0.15) is 5.69 Å². The number of amides is 1. The monoisotopic (exact) mass is 362 g/mol. The average molecular weight is 362 g/mol. The highest BCUT2D eigenvalue weighted by Crippen LogP contribution is 2.30. The molecule has 1 aromatic heterocycles. The Morgan fingerprint density at radius 1 is 1.15 bits per heavy atom. The molecule has 138 valence electrons. The average Bonchev–Trinajstić information content (AvgIpc) is 3.14. The van der Waals surface area contributed by atoms with Gasteiger partial charge in [0.25, 0.3) is 5.91 Å². The molecular weight excluding hydrogens is 340 g/mol. The molecule has 27 heavy (non-hydrogen) atoms. The molecule has 0 radical (unpaired) electrons. The van der Waals surface area contributed by atoms with Crippen molar-refractivity contribution in [1.29, 1.82) is 0 Å². The lowest BCUT2D eigenvalue weighted by Crippen LogP contribution is -2.38. The van der Waals surface area contributed by atoms with Crippen LogP contribution in [0.15, 0.2) is 48.5 Å². The number of rotatable bonds is 4. The van der Waals surface area contributed by atoms with E-state index >= 15 is 0 Å². The third-order valence-electron chi connectivity index (χ3n) is 4.73. The number of carbonyl (C=O) groups is 1. The van der Waals surface area contributed by atoms with E-state index in [0.717, 1.165) is 28.2 Å². The van der Waals surface area contributed by atoms with E-state index in [1.807, 2.05) is 60.1 Å². The quantitative estimate of drug-likeness (QED) is 0.775. The number of aromatic nitrogens is 3. The van der Waals surface area contributed by atoms with Gasteiger partial charge in [-0.3, -0.25) is 4.79 Å². The minimum Gasteiger partial charge on any atom is -0.389 e. The molecule has 1 aliphatic rings. The largest absolute Gasteiger partial charge is 0.389 e. The zero-order valence-electron chi connectivity index (χ0n) is 15.7. The topological polar surface area (TPSA) is 71.2 Å². The Labute approximate surface area is 158 Å². The maximum Gasteiger partial charge on any atom is 0.254 e. The van der Waals surface area contributed by atoms with Crippen LogP contribution in [0.4, 0.5) is 0 Å². The first-order chi connectivity index (χ1) is 12.8. The number of hydrogen-bond acceptors (Lipinski definition) is 4. The molecule has 1 amide bonds. The van der Waals surface area contributed by atoms with Crippen LogP contribution >= 0.6 is 0 Å². The van der Waals surface area contributed by atoms with Gasteiger partial charge in [-0.15, -0.1) is 5.10 Å². The van der Waals surface area contributed by atoms with Gasteiger partial charge in [-0.1, -0.05) is 29.5 Å². The highest BCUT2D eigenvalue weighted by molar-refractivity contribution is 5.99. The molecule has 0 aliphatic carbocycles. The summed E-state index contributed by atoms with van der Waals surface area (Å²) in [6, 6.07) is 15.6. The van der Waals surface area contributed by atoms with Crippen LogP contribution in [0.2, 0.25) is 0 Å². The number of hydrogen-bond donors (Lipinski definition) is 1. The number of para-hydroxylation sites is 1. The minimum atomic E-state index is -0.921. The molecule has 0 fully saturated rings. The molecule has 0 saturated heterocycles. The van der Waals surface area contributed by atoms with Crippen LogP contribution in [0, 0.1) is 6.92 Å². The number of fused-ring (bicyclic) bond motifs is 1. The van der Waals surface area contributed by atoms with E-state index in [1.165, 1.54) is 0 Å². The third-order valence-corrected chi connectivity index (χ3v) is 4.73. The SMILES string of the molecule is Cc1c(-c2ccc3c(c2)CN(CC(C)(C)O)C3=O)nnn1-c1ccccc1. The maximum atomic E-state index is 12.6. The van der Waals surface area contributed by atoms with Crippen molar-refractivity contribution in [2.24, 2.45) is 0 Å². The summed E-state index contributed by atoms with van der Waals surface area (Å²) >= 11 is 0. The second-order valence-corrected chi connectivity index (χ2v) is 7.62. The third kappa shape index (κ3) is 3.24. The zero-order valence-corrected chi connectivity index (χ0v) is 15.7. The first-order valence-electron chi connectivity index (χ1n) is 8.96. The lowest BCUT2D eigenvalue weighted by atomic mass is 10.0. The smallest absolute Gasteiger partial charge is 0.254 e. The van der Waals surface area contributed by atoms with Gasteiger partial charge in [0.15, 0.2) is 0 Å². The number of nitrogens with zero attached hydrogens (tertiary/aromatic N) is 4. The second-order valence-electron chi connectivity index (χ2n) is 7.62. The molecule has 0 spiro atoms. The Bertz CT molecular complexity index is 1000. The van der Waals surface area contributed by atoms with Crippen molar-refractivity contribution >= 4 is 5.91 Å². The maximum absolute atomic E-state index is 12.6. The Kier molecular flexibility index (Phi) is 4.08. The lowest BCUT2D eigenvalue weighted by molar-refractivity contribution is 0.0314. The molecule has 2 aromatic carbocycles. The molecule has 1 aliphatic heterocycles. The van der Waals surface area contributed by atoms with E-state index in [4.69, 9.17) is 0 Å². The molecule has 2 heterocycles. The van der Waals surface area contributed by atoms with E-state index in [-0.39, 0.29) is 5.91 Å². The van der Waals surface area contributed by atoms with E-state index < -0.39 is 5.60 Å². The van der Waals surface area contributed by atoms with E-state index in [0.29, 0.717) is 18.7 Å². The molecule has 0 saturated carbocycles. The van der Waals surface area contributed by atoms with Crippen LogP contribution in [-0.2, 0) is 6.54 Å². The van der Waals surface area contributed by atoms with Crippen LogP contribution in [0.3, 0.4) is 0 Å². The Balaban J connectivity index is 1.66. The van der Waals surface area contributed by atoms with Crippen LogP contribution < -0.4 is 0 Å². The Morgan fingerprint density at radius 2 is 1.89 bits per heavy atom. The summed E-state index contributed by atoms with van der Waals surface area (Å²) in [6.07, 6.45) is 0. The molecule has 6 heteroatoms. The van der Waals surface area contributed by atoms with Gasteiger partial charge < -0.3 is 10.0 Å². The van der Waals surface area contributed by atoms with Gasteiger partial charge in [-0.25, -0.2) is 4.68 Å². The lowest BCUT2D eigenvalue weighted by Gasteiger charge is -2.24. The Morgan fingerprint density at radius 3 is 2.59 bits per heavy atom.